The molecule has 1 unspecified atom stereocenters. The van der Waals surface area contributed by atoms with Crippen LogP contribution in [-0.2, 0) is 4.74 Å². The van der Waals surface area contributed by atoms with E-state index in [0.717, 1.165) is 6.42 Å². The number of benzene rings is 1. The van der Waals surface area contributed by atoms with Gasteiger partial charge in [-0.3, -0.25) is 0 Å². The predicted molar refractivity (Wildman–Crippen MR) is 63.8 cm³/mol. The topological polar surface area (TPSA) is 9.23 Å². The molecule has 0 heterocycles. The monoisotopic (exact) mass is 202 g/mol. The fourth-order valence-electron chi connectivity index (χ4n) is 2.27. The number of methoxy groups -OCH3 is 1. The summed E-state index contributed by atoms with van der Waals surface area (Å²) in [5.41, 5.74) is 4.07. The van der Waals surface area contributed by atoms with Gasteiger partial charge in [-0.1, -0.05) is 30.3 Å². The zero-order valence-corrected chi connectivity index (χ0v) is 9.49. The lowest BCUT2D eigenvalue weighted by Gasteiger charge is -2.24. The maximum atomic E-state index is 5.54. The molecule has 80 valence electrons. The van der Waals surface area contributed by atoms with Crippen LogP contribution in [0.5, 0.6) is 0 Å². The number of allylic oxidation sites excluding steroid dienone is 1. The molecule has 1 aliphatic rings. The van der Waals surface area contributed by atoms with Crippen LogP contribution in [0.1, 0.15) is 30.4 Å². The first-order valence-electron chi connectivity index (χ1n) is 5.62. The quantitative estimate of drug-likeness (QED) is 0.712. The number of aryl methyl sites for hydroxylation is 1. The summed E-state index contributed by atoms with van der Waals surface area (Å²) in [6, 6.07) is 8.55. The molecule has 1 aliphatic carbocycles. The van der Waals surface area contributed by atoms with Gasteiger partial charge in [-0.25, -0.2) is 0 Å². The molecule has 0 saturated heterocycles. The first-order chi connectivity index (χ1) is 7.33. The summed E-state index contributed by atoms with van der Waals surface area (Å²) < 4.78 is 5.54. The molecule has 1 heteroatoms. The lowest BCUT2D eigenvalue weighted by molar-refractivity contribution is 0.136. The molecule has 0 N–H and O–H groups in total. The molecule has 0 spiro atoms. The zero-order chi connectivity index (χ0) is 10.7. The molecular formula is C14H18O. The fraction of sp³-hybridized carbons (Fsp3) is 0.429. The standard InChI is InChI=1S/C14H18O/c1-11-7-3-4-8-12(11)13-9-5-6-10-14(13)15-2/h3-4,7-9,14H,5-6,10H2,1-2H3. The van der Waals surface area contributed by atoms with E-state index in [-0.39, 0.29) is 0 Å². The molecule has 1 aromatic rings. The number of hydrogen-bond donors (Lipinski definition) is 0. The molecule has 0 aliphatic heterocycles. The van der Waals surface area contributed by atoms with Crippen molar-refractivity contribution in [3.8, 4) is 0 Å². The Morgan fingerprint density at radius 2 is 2.07 bits per heavy atom. The minimum atomic E-state index is 0.292. The Kier molecular flexibility index (Phi) is 3.22. The molecule has 0 saturated carbocycles. The minimum absolute atomic E-state index is 0.292. The molecule has 2 rings (SSSR count). The summed E-state index contributed by atoms with van der Waals surface area (Å²) >= 11 is 0. The van der Waals surface area contributed by atoms with Crippen LogP contribution in [-0.4, -0.2) is 13.2 Å². The largest absolute Gasteiger partial charge is 0.377 e. The normalized spacial score (nSPS) is 21.2. The van der Waals surface area contributed by atoms with E-state index in [0.29, 0.717) is 6.10 Å². The van der Waals surface area contributed by atoms with Gasteiger partial charge in [0, 0.05) is 7.11 Å². The average molecular weight is 202 g/mol. The van der Waals surface area contributed by atoms with Crippen LogP contribution in [0.25, 0.3) is 5.57 Å². The van der Waals surface area contributed by atoms with Gasteiger partial charge in [0.15, 0.2) is 0 Å². The Labute approximate surface area is 91.8 Å². The van der Waals surface area contributed by atoms with Crippen molar-refractivity contribution < 1.29 is 4.74 Å². The average Bonchev–Trinajstić information content (AvgIpc) is 2.30. The molecule has 1 nitrogen and oxygen atoms in total. The van der Waals surface area contributed by atoms with E-state index in [9.17, 15) is 0 Å². The van der Waals surface area contributed by atoms with Crippen molar-refractivity contribution in [2.24, 2.45) is 0 Å². The lowest BCUT2D eigenvalue weighted by Crippen LogP contribution is -2.16. The van der Waals surface area contributed by atoms with E-state index in [4.69, 9.17) is 4.74 Å². The van der Waals surface area contributed by atoms with E-state index >= 15 is 0 Å². The Hall–Kier alpha value is -1.08. The molecule has 0 bridgehead atoms. The van der Waals surface area contributed by atoms with E-state index in [2.05, 4.69) is 37.3 Å². The first-order valence-corrected chi connectivity index (χ1v) is 5.62. The van der Waals surface area contributed by atoms with Crippen molar-refractivity contribution in [3.63, 3.8) is 0 Å². The van der Waals surface area contributed by atoms with Crippen molar-refractivity contribution in [1.82, 2.24) is 0 Å². The SMILES string of the molecule is COC1CCCC=C1c1ccccc1C. The summed E-state index contributed by atoms with van der Waals surface area (Å²) in [5.74, 6) is 0. The van der Waals surface area contributed by atoms with Crippen LogP contribution in [0.2, 0.25) is 0 Å². The fourth-order valence-corrected chi connectivity index (χ4v) is 2.27. The van der Waals surface area contributed by atoms with Crippen LogP contribution in [0.3, 0.4) is 0 Å². The molecule has 0 amide bonds. The van der Waals surface area contributed by atoms with Gasteiger partial charge in [-0.05, 0) is 42.9 Å². The number of hydrogen-bond acceptors (Lipinski definition) is 1. The lowest BCUT2D eigenvalue weighted by atomic mass is 9.89. The highest BCUT2D eigenvalue weighted by Gasteiger charge is 2.19. The second-order valence-electron chi connectivity index (χ2n) is 4.13. The summed E-state index contributed by atoms with van der Waals surface area (Å²) in [4.78, 5) is 0. The highest BCUT2D eigenvalue weighted by Crippen LogP contribution is 2.30. The van der Waals surface area contributed by atoms with Crippen molar-refractivity contribution in [2.75, 3.05) is 7.11 Å². The van der Waals surface area contributed by atoms with E-state index in [1.807, 2.05) is 7.11 Å². The molecule has 1 atom stereocenters. The third kappa shape index (κ3) is 2.13. The Morgan fingerprint density at radius 1 is 1.27 bits per heavy atom. The molecular weight excluding hydrogens is 184 g/mol. The van der Waals surface area contributed by atoms with Gasteiger partial charge < -0.3 is 4.74 Å². The zero-order valence-electron chi connectivity index (χ0n) is 9.49. The summed E-state index contributed by atoms with van der Waals surface area (Å²) in [7, 11) is 1.81. The van der Waals surface area contributed by atoms with Gasteiger partial charge in [0.05, 0.1) is 6.10 Å². The van der Waals surface area contributed by atoms with Crippen LogP contribution in [0, 0.1) is 6.92 Å². The number of ether oxygens (including phenoxy) is 1. The Morgan fingerprint density at radius 3 is 2.80 bits per heavy atom. The van der Waals surface area contributed by atoms with Crippen molar-refractivity contribution >= 4 is 5.57 Å². The molecule has 0 aromatic heterocycles. The predicted octanol–water partition coefficient (Wildman–Crippen LogP) is 3.58. The molecule has 0 radical (unpaired) electrons. The summed E-state index contributed by atoms with van der Waals surface area (Å²) in [6.07, 6.45) is 6.20. The Bertz CT molecular complexity index is 365. The highest BCUT2D eigenvalue weighted by atomic mass is 16.5. The van der Waals surface area contributed by atoms with Crippen LogP contribution in [0.15, 0.2) is 30.3 Å². The van der Waals surface area contributed by atoms with Crippen LogP contribution in [0.4, 0.5) is 0 Å². The number of rotatable bonds is 2. The van der Waals surface area contributed by atoms with Gasteiger partial charge in [0.2, 0.25) is 0 Å². The van der Waals surface area contributed by atoms with E-state index in [1.54, 1.807) is 0 Å². The third-order valence-corrected chi connectivity index (χ3v) is 3.12. The Balaban J connectivity index is 2.36. The maximum Gasteiger partial charge on any atom is 0.0824 e. The van der Waals surface area contributed by atoms with Crippen LogP contribution < -0.4 is 0 Å². The molecule has 1 aromatic carbocycles. The minimum Gasteiger partial charge on any atom is -0.377 e. The second-order valence-corrected chi connectivity index (χ2v) is 4.13. The van der Waals surface area contributed by atoms with Gasteiger partial charge in [0.25, 0.3) is 0 Å². The van der Waals surface area contributed by atoms with E-state index in [1.165, 1.54) is 29.5 Å². The summed E-state index contributed by atoms with van der Waals surface area (Å²) in [5, 5.41) is 0. The smallest absolute Gasteiger partial charge is 0.0824 e. The van der Waals surface area contributed by atoms with Crippen LogP contribution >= 0.6 is 0 Å². The third-order valence-electron chi connectivity index (χ3n) is 3.12. The van der Waals surface area contributed by atoms with Crippen molar-refractivity contribution in [2.45, 2.75) is 32.3 Å². The summed E-state index contributed by atoms with van der Waals surface area (Å²) in [6.45, 7) is 2.16. The molecule has 0 fully saturated rings. The van der Waals surface area contributed by atoms with Crippen molar-refractivity contribution in [1.29, 1.82) is 0 Å². The van der Waals surface area contributed by atoms with Crippen molar-refractivity contribution in [3.05, 3.63) is 41.5 Å². The first kappa shape index (κ1) is 10.4. The van der Waals surface area contributed by atoms with Gasteiger partial charge >= 0.3 is 0 Å². The maximum absolute atomic E-state index is 5.54. The van der Waals surface area contributed by atoms with Gasteiger partial charge in [-0.2, -0.15) is 0 Å². The molecule has 15 heavy (non-hydrogen) atoms. The van der Waals surface area contributed by atoms with Gasteiger partial charge in [-0.15, -0.1) is 0 Å². The van der Waals surface area contributed by atoms with Gasteiger partial charge in [0.1, 0.15) is 0 Å². The second kappa shape index (κ2) is 4.63. The highest BCUT2D eigenvalue weighted by molar-refractivity contribution is 5.71. The van der Waals surface area contributed by atoms with E-state index < -0.39 is 0 Å².